The summed E-state index contributed by atoms with van der Waals surface area (Å²) in [5.74, 6) is 1.78. The van der Waals surface area contributed by atoms with E-state index in [1.165, 1.54) is 50.5 Å². The molecule has 0 spiro atoms. The molecule has 0 bridgehead atoms. The van der Waals surface area contributed by atoms with Crippen LogP contribution >= 0.6 is 27.5 Å². The molecule has 1 saturated carbocycles. The van der Waals surface area contributed by atoms with Crippen molar-refractivity contribution in [2.45, 2.75) is 56.7 Å². The number of hydrogen-bond donors (Lipinski definition) is 0. The van der Waals surface area contributed by atoms with Gasteiger partial charge >= 0.3 is 0 Å². The first-order chi connectivity index (χ1) is 9.20. The van der Waals surface area contributed by atoms with E-state index in [1.807, 2.05) is 12.1 Å². The number of benzene rings is 1. The summed E-state index contributed by atoms with van der Waals surface area (Å²) >= 11 is 9.86. The number of halogens is 2. The zero-order valence-corrected chi connectivity index (χ0v) is 14.1. The molecule has 2 heteroatoms. The van der Waals surface area contributed by atoms with Crippen LogP contribution in [-0.2, 0) is 0 Å². The predicted octanol–water partition coefficient (Wildman–Crippen LogP) is 6.77. The van der Waals surface area contributed by atoms with Crippen LogP contribution in [0.5, 0.6) is 0 Å². The highest BCUT2D eigenvalue weighted by Crippen LogP contribution is 2.42. The number of alkyl halides is 1. The van der Waals surface area contributed by atoms with Crippen LogP contribution in [0.1, 0.15) is 62.3 Å². The van der Waals surface area contributed by atoms with E-state index in [1.54, 1.807) is 0 Å². The summed E-state index contributed by atoms with van der Waals surface area (Å²) in [5, 5.41) is 0.826. The van der Waals surface area contributed by atoms with Crippen molar-refractivity contribution in [3.63, 3.8) is 0 Å². The molecule has 1 atom stereocenters. The second kappa shape index (κ2) is 7.69. The predicted molar refractivity (Wildman–Crippen MR) is 88.1 cm³/mol. The maximum Gasteiger partial charge on any atom is 0.0423 e. The summed E-state index contributed by atoms with van der Waals surface area (Å²) in [5.41, 5.74) is 1.38. The zero-order chi connectivity index (χ0) is 13.7. The first-order valence-electron chi connectivity index (χ1n) is 7.60. The van der Waals surface area contributed by atoms with Crippen molar-refractivity contribution in [1.29, 1.82) is 0 Å². The quantitative estimate of drug-likeness (QED) is 0.517. The second-order valence-corrected chi connectivity index (χ2v) is 7.30. The topological polar surface area (TPSA) is 0 Å². The molecule has 1 aromatic rings. The fourth-order valence-corrected chi connectivity index (χ4v) is 4.14. The molecule has 1 unspecified atom stereocenters. The Morgan fingerprint density at radius 1 is 1.16 bits per heavy atom. The van der Waals surface area contributed by atoms with Gasteiger partial charge < -0.3 is 0 Å². The van der Waals surface area contributed by atoms with Crippen molar-refractivity contribution in [3.8, 4) is 0 Å². The lowest BCUT2D eigenvalue weighted by molar-refractivity contribution is 0.257. The lowest BCUT2D eigenvalue weighted by Crippen LogP contribution is -2.18. The Kier molecular flexibility index (Phi) is 6.22. The fraction of sp³-hybridized carbons (Fsp3) is 0.647. The minimum atomic E-state index is 0.497. The van der Waals surface area contributed by atoms with E-state index >= 15 is 0 Å². The van der Waals surface area contributed by atoms with E-state index in [4.69, 9.17) is 11.6 Å². The van der Waals surface area contributed by atoms with Gasteiger partial charge in [0.15, 0.2) is 0 Å². The fourth-order valence-electron chi connectivity index (χ4n) is 3.18. The Labute approximate surface area is 131 Å². The number of rotatable bonds is 5. The molecule has 0 aromatic heterocycles. The Morgan fingerprint density at radius 2 is 1.79 bits per heavy atom. The van der Waals surface area contributed by atoms with Crippen LogP contribution in [0.25, 0.3) is 0 Å². The summed E-state index contributed by atoms with van der Waals surface area (Å²) in [6, 6.07) is 8.31. The van der Waals surface area contributed by atoms with E-state index < -0.39 is 0 Å². The molecule has 1 aliphatic rings. The van der Waals surface area contributed by atoms with E-state index in [-0.39, 0.29) is 0 Å². The molecule has 19 heavy (non-hydrogen) atoms. The van der Waals surface area contributed by atoms with Gasteiger partial charge in [-0.1, -0.05) is 78.7 Å². The van der Waals surface area contributed by atoms with Crippen molar-refractivity contribution in [2.24, 2.45) is 11.8 Å². The average Bonchev–Trinajstić information content (AvgIpc) is 2.46. The van der Waals surface area contributed by atoms with Gasteiger partial charge in [-0.3, -0.25) is 0 Å². The van der Waals surface area contributed by atoms with Gasteiger partial charge in [0, 0.05) is 9.85 Å². The normalized spacial score (nSPS) is 25.2. The van der Waals surface area contributed by atoms with Crippen LogP contribution in [0.2, 0.25) is 5.02 Å². The highest BCUT2D eigenvalue weighted by Gasteiger charge is 2.26. The van der Waals surface area contributed by atoms with Crippen molar-refractivity contribution < 1.29 is 0 Å². The van der Waals surface area contributed by atoms with Gasteiger partial charge in [-0.15, -0.1) is 0 Å². The molecule has 0 heterocycles. The summed E-state index contributed by atoms with van der Waals surface area (Å²) in [6.45, 7) is 2.29. The standard InChI is InChI=1S/C17H24BrCl/c1-2-3-4-13-5-7-14(8-6-13)17(18)15-9-11-16(19)12-10-15/h9-14,17H,2-8H2,1H3. The van der Waals surface area contributed by atoms with Crippen LogP contribution in [0.3, 0.4) is 0 Å². The van der Waals surface area contributed by atoms with Crippen molar-refractivity contribution in [2.75, 3.05) is 0 Å². The van der Waals surface area contributed by atoms with Gasteiger partial charge in [0.25, 0.3) is 0 Å². The molecule has 0 N–H and O–H groups in total. The zero-order valence-electron chi connectivity index (χ0n) is 11.7. The lowest BCUT2D eigenvalue weighted by Gasteiger charge is -2.31. The molecule has 0 aliphatic heterocycles. The van der Waals surface area contributed by atoms with E-state index in [0.717, 1.165) is 16.9 Å². The van der Waals surface area contributed by atoms with Crippen LogP contribution in [0.15, 0.2) is 24.3 Å². The third kappa shape index (κ3) is 4.49. The van der Waals surface area contributed by atoms with Crippen LogP contribution < -0.4 is 0 Å². The first-order valence-corrected chi connectivity index (χ1v) is 8.89. The smallest absolute Gasteiger partial charge is 0.0423 e. The molecule has 0 saturated heterocycles. The first kappa shape index (κ1) is 15.4. The molecule has 106 valence electrons. The molecule has 0 nitrogen and oxygen atoms in total. The molecule has 1 aliphatic carbocycles. The molecule has 1 aromatic carbocycles. The lowest BCUT2D eigenvalue weighted by atomic mass is 9.77. The Balaban J connectivity index is 1.85. The molecule has 0 amide bonds. The van der Waals surface area contributed by atoms with Gasteiger partial charge in [-0.05, 0) is 42.4 Å². The third-order valence-electron chi connectivity index (χ3n) is 4.46. The van der Waals surface area contributed by atoms with E-state index in [2.05, 4.69) is 35.0 Å². The summed E-state index contributed by atoms with van der Waals surface area (Å²) < 4.78 is 0. The number of unbranched alkanes of at least 4 members (excludes halogenated alkanes) is 1. The van der Waals surface area contributed by atoms with Crippen LogP contribution in [0, 0.1) is 11.8 Å². The molecular formula is C17H24BrCl. The molecule has 0 radical (unpaired) electrons. The minimum Gasteiger partial charge on any atom is -0.0843 e. The maximum atomic E-state index is 5.95. The third-order valence-corrected chi connectivity index (χ3v) is 5.99. The Bertz CT molecular complexity index is 365. The monoisotopic (exact) mass is 342 g/mol. The van der Waals surface area contributed by atoms with Gasteiger partial charge in [-0.2, -0.15) is 0 Å². The van der Waals surface area contributed by atoms with E-state index in [9.17, 15) is 0 Å². The van der Waals surface area contributed by atoms with Gasteiger partial charge in [0.2, 0.25) is 0 Å². The van der Waals surface area contributed by atoms with Crippen molar-refractivity contribution in [1.82, 2.24) is 0 Å². The van der Waals surface area contributed by atoms with Gasteiger partial charge in [0.1, 0.15) is 0 Å². The van der Waals surface area contributed by atoms with Gasteiger partial charge in [0.05, 0.1) is 0 Å². The Morgan fingerprint density at radius 3 is 2.37 bits per heavy atom. The van der Waals surface area contributed by atoms with E-state index in [0.29, 0.717) is 4.83 Å². The maximum absolute atomic E-state index is 5.95. The molecule has 1 fully saturated rings. The highest BCUT2D eigenvalue weighted by molar-refractivity contribution is 9.09. The Hall–Kier alpha value is -0.0100. The largest absolute Gasteiger partial charge is 0.0843 e. The summed E-state index contributed by atoms with van der Waals surface area (Å²) in [6.07, 6.45) is 9.76. The highest BCUT2D eigenvalue weighted by atomic mass is 79.9. The van der Waals surface area contributed by atoms with Crippen molar-refractivity contribution in [3.05, 3.63) is 34.9 Å². The minimum absolute atomic E-state index is 0.497. The molecule has 2 rings (SSSR count). The van der Waals surface area contributed by atoms with Crippen molar-refractivity contribution >= 4 is 27.5 Å². The SMILES string of the molecule is CCCCC1CCC(C(Br)c2ccc(Cl)cc2)CC1. The average molecular weight is 344 g/mol. The van der Waals surface area contributed by atoms with Crippen LogP contribution in [-0.4, -0.2) is 0 Å². The summed E-state index contributed by atoms with van der Waals surface area (Å²) in [4.78, 5) is 0.497. The molecular weight excluding hydrogens is 320 g/mol. The number of hydrogen-bond acceptors (Lipinski definition) is 0. The second-order valence-electron chi connectivity index (χ2n) is 5.88. The van der Waals surface area contributed by atoms with Crippen LogP contribution in [0.4, 0.5) is 0 Å². The summed E-state index contributed by atoms with van der Waals surface area (Å²) in [7, 11) is 0. The van der Waals surface area contributed by atoms with Gasteiger partial charge in [-0.25, -0.2) is 0 Å².